The molecular formula is C14H18N4. The third-order valence-corrected chi connectivity index (χ3v) is 3.54. The van der Waals surface area contributed by atoms with Crippen LogP contribution in [0, 0.1) is 0 Å². The van der Waals surface area contributed by atoms with Crippen LogP contribution in [0.2, 0.25) is 0 Å². The van der Waals surface area contributed by atoms with E-state index in [4.69, 9.17) is 0 Å². The molecule has 0 spiro atoms. The largest absolute Gasteiger partial charge is 0.306 e. The molecule has 4 nitrogen and oxygen atoms in total. The number of aryl methyl sites for hydroxylation is 1. The van der Waals surface area contributed by atoms with E-state index in [1.807, 2.05) is 4.68 Å². The SMILES string of the molecule is CCn1ncnc1CNC1CC1c1ccccc1. The second-order valence-corrected chi connectivity index (χ2v) is 4.73. The minimum atomic E-state index is 0.592. The molecule has 94 valence electrons. The second-order valence-electron chi connectivity index (χ2n) is 4.73. The molecule has 4 heteroatoms. The molecule has 2 aromatic rings. The Labute approximate surface area is 107 Å². The molecule has 0 aliphatic heterocycles. The monoisotopic (exact) mass is 242 g/mol. The van der Waals surface area contributed by atoms with Crippen molar-refractivity contribution in [3.8, 4) is 0 Å². The lowest BCUT2D eigenvalue weighted by molar-refractivity contribution is 0.567. The molecule has 1 aliphatic carbocycles. The van der Waals surface area contributed by atoms with Crippen molar-refractivity contribution in [1.29, 1.82) is 0 Å². The Kier molecular flexibility index (Phi) is 3.11. The maximum absolute atomic E-state index is 4.27. The van der Waals surface area contributed by atoms with Crippen molar-refractivity contribution in [1.82, 2.24) is 20.1 Å². The van der Waals surface area contributed by atoms with E-state index in [2.05, 4.69) is 52.7 Å². The number of nitrogens with zero attached hydrogens (tertiary/aromatic N) is 3. The summed E-state index contributed by atoms with van der Waals surface area (Å²) in [5.74, 6) is 1.69. The Morgan fingerprint density at radius 2 is 2.17 bits per heavy atom. The van der Waals surface area contributed by atoms with Crippen LogP contribution in [0.5, 0.6) is 0 Å². The quantitative estimate of drug-likeness (QED) is 0.871. The summed E-state index contributed by atoms with van der Waals surface area (Å²) in [4.78, 5) is 4.27. The number of aromatic nitrogens is 3. The average Bonchev–Trinajstić information content (AvgIpc) is 3.06. The smallest absolute Gasteiger partial charge is 0.140 e. The van der Waals surface area contributed by atoms with E-state index in [0.29, 0.717) is 12.0 Å². The molecule has 1 heterocycles. The Balaban J connectivity index is 1.55. The van der Waals surface area contributed by atoms with Gasteiger partial charge in [-0.15, -0.1) is 0 Å². The van der Waals surface area contributed by atoms with Gasteiger partial charge in [0.05, 0.1) is 6.54 Å². The van der Waals surface area contributed by atoms with Gasteiger partial charge in [-0.05, 0) is 18.9 Å². The van der Waals surface area contributed by atoms with Gasteiger partial charge < -0.3 is 5.32 Å². The highest BCUT2D eigenvalue weighted by molar-refractivity contribution is 5.27. The molecule has 18 heavy (non-hydrogen) atoms. The summed E-state index contributed by atoms with van der Waals surface area (Å²) in [5.41, 5.74) is 1.44. The lowest BCUT2D eigenvalue weighted by atomic mass is 10.1. The average molecular weight is 242 g/mol. The standard InChI is InChI=1S/C14H18N4/c1-2-18-14(16-10-17-18)9-15-13-8-12(13)11-6-4-3-5-7-11/h3-7,10,12-13,15H,2,8-9H2,1H3. The molecule has 0 saturated heterocycles. The van der Waals surface area contributed by atoms with Crippen LogP contribution in [-0.2, 0) is 13.1 Å². The first kappa shape index (κ1) is 11.4. The van der Waals surface area contributed by atoms with Crippen LogP contribution < -0.4 is 5.32 Å². The fourth-order valence-corrected chi connectivity index (χ4v) is 2.40. The van der Waals surface area contributed by atoms with E-state index < -0.39 is 0 Å². The van der Waals surface area contributed by atoms with Gasteiger partial charge in [0.2, 0.25) is 0 Å². The minimum Gasteiger partial charge on any atom is -0.306 e. The first-order valence-electron chi connectivity index (χ1n) is 6.53. The third-order valence-electron chi connectivity index (χ3n) is 3.54. The van der Waals surface area contributed by atoms with Gasteiger partial charge in [0.1, 0.15) is 12.2 Å². The molecule has 1 aliphatic rings. The summed E-state index contributed by atoms with van der Waals surface area (Å²) in [6.45, 7) is 3.77. The van der Waals surface area contributed by atoms with Gasteiger partial charge in [-0.3, -0.25) is 0 Å². The molecule has 1 saturated carbocycles. The number of hydrogen-bond acceptors (Lipinski definition) is 3. The fraction of sp³-hybridized carbons (Fsp3) is 0.429. The van der Waals surface area contributed by atoms with E-state index in [0.717, 1.165) is 18.9 Å². The summed E-state index contributed by atoms with van der Waals surface area (Å²) < 4.78 is 1.94. The van der Waals surface area contributed by atoms with Gasteiger partial charge >= 0.3 is 0 Å². The Morgan fingerprint density at radius 3 is 2.94 bits per heavy atom. The summed E-state index contributed by atoms with van der Waals surface area (Å²) in [7, 11) is 0. The van der Waals surface area contributed by atoms with Gasteiger partial charge in [-0.2, -0.15) is 5.10 Å². The summed E-state index contributed by atoms with van der Waals surface area (Å²) in [5, 5.41) is 7.73. The summed E-state index contributed by atoms with van der Waals surface area (Å²) >= 11 is 0. The topological polar surface area (TPSA) is 42.7 Å². The predicted octanol–water partition coefficient (Wildman–Crippen LogP) is 1.94. The van der Waals surface area contributed by atoms with Crippen LogP contribution in [0.15, 0.2) is 36.7 Å². The third kappa shape index (κ3) is 2.29. The predicted molar refractivity (Wildman–Crippen MR) is 70.1 cm³/mol. The normalized spacial score (nSPS) is 22.1. The second kappa shape index (κ2) is 4.90. The van der Waals surface area contributed by atoms with Crippen LogP contribution in [0.4, 0.5) is 0 Å². The zero-order valence-corrected chi connectivity index (χ0v) is 10.6. The van der Waals surface area contributed by atoms with Crippen LogP contribution in [0.25, 0.3) is 0 Å². The van der Waals surface area contributed by atoms with Crippen molar-refractivity contribution >= 4 is 0 Å². The maximum Gasteiger partial charge on any atom is 0.140 e. The molecule has 2 atom stereocenters. The fourth-order valence-electron chi connectivity index (χ4n) is 2.40. The Morgan fingerprint density at radius 1 is 1.33 bits per heavy atom. The number of rotatable bonds is 5. The molecule has 3 rings (SSSR count). The van der Waals surface area contributed by atoms with E-state index in [1.165, 1.54) is 12.0 Å². The molecule has 1 fully saturated rings. The van der Waals surface area contributed by atoms with Gasteiger partial charge in [0, 0.05) is 18.5 Å². The molecule has 0 amide bonds. The number of hydrogen-bond donors (Lipinski definition) is 1. The summed E-state index contributed by atoms with van der Waals surface area (Å²) in [6, 6.07) is 11.3. The molecule has 1 aromatic carbocycles. The Hall–Kier alpha value is -1.68. The number of nitrogens with one attached hydrogen (secondary N) is 1. The van der Waals surface area contributed by atoms with Crippen LogP contribution >= 0.6 is 0 Å². The van der Waals surface area contributed by atoms with Crippen LogP contribution in [0.1, 0.15) is 30.7 Å². The Bertz CT molecular complexity index is 506. The van der Waals surface area contributed by atoms with Crippen molar-refractivity contribution < 1.29 is 0 Å². The zero-order chi connectivity index (χ0) is 12.4. The number of benzene rings is 1. The van der Waals surface area contributed by atoms with E-state index in [-0.39, 0.29) is 0 Å². The highest BCUT2D eigenvalue weighted by Crippen LogP contribution is 2.40. The van der Waals surface area contributed by atoms with Crippen LogP contribution in [0.3, 0.4) is 0 Å². The molecule has 0 bridgehead atoms. The van der Waals surface area contributed by atoms with Crippen molar-refractivity contribution in [3.05, 3.63) is 48.0 Å². The lowest BCUT2D eigenvalue weighted by Crippen LogP contribution is -2.20. The van der Waals surface area contributed by atoms with Gasteiger partial charge in [0.25, 0.3) is 0 Å². The lowest BCUT2D eigenvalue weighted by Gasteiger charge is -2.05. The highest BCUT2D eigenvalue weighted by Gasteiger charge is 2.37. The van der Waals surface area contributed by atoms with Crippen molar-refractivity contribution in [2.24, 2.45) is 0 Å². The van der Waals surface area contributed by atoms with E-state index in [1.54, 1.807) is 6.33 Å². The molecule has 1 N–H and O–H groups in total. The maximum atomic E-state index is 4.27. The molecule has 1 aromatic heterocycles. The summed E-state index contributed by atoms with van der Waals surface area (Å²) in [6.07, 6.45) is 2.85. The zero-order valence-electron chi connectivity index (χ0n) is 10.6. The van der Waals surface area contributed by atoms with E-state index in [9.17, 15) is 0 Å². The molecule has 0 radical (unpaired) electrons. The first-order valence-corrected chi connectivity index (χ1v) is 6.53. The van der Waals surface area contributed by atoms with Gasteiger partial charge in [-0.1, -0.05) is 30.3 Å². The van der Waals surface area contributed by atoms with Crippen molar-refractivity contribution in [2.45, 2.75) is 38.4 Å². The van der Waals surface area contributed by atoms with Gasteiger partial charge in [-0.25, -0.2) is 9.67 Å². The van der Waals surface area contributed by atoms with Crippen molar-refractivity contribution in [3.63, 3.8) is 0 Å². The van der Waals surface area contributed by atoms with Crippen molar-refractivity contribution in [2.75, 3.05) is 0 Å². The van der Waals surface area contributed by atoms with E-state index >= 15 is 0 Å². The highest BCUT2D eigenvalue weighted by atomic mass is 15.3. The molecule has 2 unspecified atom stereocenters. The molecular weight excluding hydrogens is 224 g/mol. The minimum absolute atomic E-state index is 0.592. The van der Waals surface area contributed by atoms with Crippen LogP contribution in [-0.4, -0.2) is 20.8 Å². The first-order chi connectivity index (χ1) is 8.88. The van der Waals surface area contributed by atoms with Gasteiger partial charge in [0.15, 0.2) is 0 Å².